The van der Waals surface area contributed by atoms with Crippen molar-refractivity contribution in [3.05, 3.63) is 0 Å². The molecule has 0 unspecified atom stereocenters. The van der Waals surface area contributed by atoms with Gasteiger partial charge in [-0.05, 0) is 20.0 Å². The molecule has 0 aromatic carbocycles. The molecule has 2 N–H and O–H groups in total. The van der Waals surface area contributed by atoms with Crippen LogP contribution in [0, 0.1) is 0 Å². The van der Waals surface area contributed by atoms with Crippen LogP contribution in [0.25, 0.3) is 0 Å². The first-order valence-corrected chi connectivity index (χ1v) is 7.25. The first-order chi connectivity index (χ1) is 13.0. The topological polar surface area (TPSA) is 41.1 Å². The molecule has 0 saturated carbocycles. The van der Waals surface area contributed by atoms with E-state index < -0.39 is 54.2 Å². The van der Waals surface area contributed by atoms with Gasteiger partial charge in [0.25, 0.3) is 5.91 Å². The van der Waals surface area contributed by atoms with Crippen LogP contribution >= 0.6 is 0 Å². The summed E-state index contributed by atoms with van der Waals surface area (Å²) < 4.78 is 194. The zero-order valence-corrected chi connectivity index (χ0v) is 14.2. The highest BCUT2D eigenvalue weighted by Crippen LogP contribution is 2.62. The lowest BCUT2D eigenvalue weighted by atomic mass is 9.91. The van der Waals surface area contributed by atoms with Crippen LogP contribution in [-0.2, 0) is 4.79 Å². The van der Waals surface area contributed by atoms with Crippen LogP contribution < -0.4 is 10.6 Å². The van der Waals surface area contributed by atoms with Crippen molar-refractivity contribution < 1.29 is 70.7 Å². The molecule has 0 atom stereocenters. The fourth-order valence-corrected chi connectivity index (χ4v) is 1.69. The van der Waals surface area contributed by atoms with E-state index in [1.807, 2.05) is 0 Å². The van der Waals surface area contributed by atoms with Gasteiger partial charge >= 0.3 is 41.7 Å². The zero-order valence-electron chi connectivity index (χ0n) is 14.2. The van der Waals surface area contributed by atoms with E-state index >= 15 is 0 Å². The molecular formula is C12H11F15N2O. The van der Waals surface area contributed by atoms with Crippen molar-refractivity contribution in [2.24, 2.45) is 0 Å². The summed E-state index contributed by atoms with van der Waals surface area (Å²) >= 11 is 0. The second kappa shape index (κ2) is 8.14. The lowest BCUT2D eigenvalue weighted by molar-refractivity contribution is -0.449. The fourth-order valence-electron chi connectivity index (χ4n) is 1.69. The second-order valence-corrected chi connectivity index (χ2v) is 5.66. The van der Waals surface area contributed by atoms with E-state index in [4.69, 9.17) is 0 Å². The average molecular weight is 484 g/mol. The highest BCUT2D eigenvalue weighted by Gasteiger charge is 2.94. The van der Waals surface area contributed by atoms with Gasteiger partial charge in [0.2, 0.25) is 0 Å². The third-order valence-corrected chi connectivity index (χ3v) is 3.50. The van der Waals surface area contributed by atoms with Crippen molar-refractivity contribution in [3.8, 4) is 0 Å². The van der Waals surface area contributed by atoms with E-state index in [-0.39, 0.29) is 13.0 Å². The van der Waals surface area contributed by atoms with Gasteiger partial charge in [-0.25, -0.2) is 0 Å². The van der Waals surface area contributed by atoms with E-state index in [2.05, 4.69) is 5.32 Å². The third-order valence-electron chi connectivity index (χ3n) is 3.50. The minimum Gasteiger partial charge on any atom is -0.351 e. The summed E-state index contributed by atoms with van der Waals surface area (Å²) in [5.74, 6) is -51.2. The smallest absolute Gasteiger partial charge is 0.351 e. The molecule has 0 fully saturated rings. The lowest BCUT2D eigenvalue weighted by Crippen LogP contribution is -2.74. The number of amides is 1. The molecule has 1 amide bonds. The molecule has 0 bridgehead atoms. The van der Waals surface area contributed by atoms with Gasteiger partial charge < -0.3 is 10.6 Å². The second-order valence-electron chi connectivity index (χ2n) is 5.66. The van der Waals surface area contributed by atoms with Crippen LogP contribution in [0.15, 0.2) is 0 Å². The van der Waals surface area contributed by atoms with Crippen LogP contribution in [0.4, 0.5) is 65.9 Å². The van der Waals surface area contributed by atoms with Gasteiger partial charge in [0, 0.05) is 6.54 Å². The number of hydrogen-bond donors (Lipinski definition) is 2. The van der Waals surface area contributed by atoms with E-state index in [0.717, 1.165) is 5.32 Å². The Morgan fingerprint density at radius 2 is 0.967 bits per heavy atom. The normalized spacial score (nSPS) is 15.3. The first-order valence-electron chi connectivity index (χ1n) is 7.25. The molecule has 0 spiro atoms. The van der Waals surface area contributed by atoms with Gasteiger partial charge in [-0.15, -0.1) is 0 Å². The number of nitrogens with one attached hydrogen (secondary N) is 2. The van der Waals surface area contributed by atoms with Crippen LogP contribution in [0.1, 0.15) is 6.42 Å². The number of rotatable bonds is 10. The maximum Gasteiger partial charge on any atom is 0.460 e. The highest BCUT2D eigenvalue weighted by atomic mass is 19.4. The summed E-state index contributed by atoms with van der Waals surface area (Å²) in [6.45, 7) is -1.02. The fraction of sp³-hybridized carbons (Fsp3) is 0.917. The maximum absolute atomic E-state index is 13.4. The van der Waals surface area contributed by atoms with E-state index in [1.165, 1.54) is 7.05 Å². The summed E-state index contributed by atoms with van der Waals surface area (Å²) in [7, 11) is 1.28. The Hall–Kier alpha value is -1.62. The van der Waals surface area contributed by atoms with Crippen molar-refractivity contribution in [1.82, 2.24) is 10.6 Å². The van der Waals surface area contributed by atoms with E-state index in [0.29, 0.717) is 0 Å². The summed E-state index contributed by atoms with van der Waals surface area (Å²) in [5.41, 5.74) is 0. The quantitative estimate of drug-likeness (QED) is 0.363. The highest BCUT2D eigenvalue weighted by molar-refractivity contribution is 5.84. The van der Waals surface area contributed by atoms with E-state index in [1.54, 1.807) is 0 Å². The molecule has 0 aromatic rings. The predicted molar refractivity (Wildman–Crippen MR) is 67.3 cm³/mol. The number of carbonyl (C=O) groups excluding carboxylic acids is 1. The number of halogens is 15. The van der Waals surface area contributed by atoms with Crippen LogP contribution in [0.2, 0.25) is 0 Å². The van der Waals surface area contributed by atoms with Crippen LogP contribution in [-0.4, -0.2) is 67.8 Å². The van der Waals surface area contributed by atoms with Crippen molar-refractivity contribution >= 4 is 5.91 Å². The van der Waals surface area contributed by atoms with Gasteiger partial charge in [-0.1, -0.05) is 0 Å². The predicted octanol–water partition coefficient (Wildman–Crippen LogP) is 4.09. The maximum atomic E-state index is 13.4. The van der Waals surface area contributed by atoms with Crippen molar-refractivity contribution in [2.45, 2.75) is 48.1 Å². The summed E-state index contributed by atoms with van der Waals surface area (Å²) in [5, 5.41) is 3.22. The minimum atomic E-state index is -8.40. The molecular weight excluding hydrogens is 473 g/mol. The summed E-state index contributed by atoms with van der Waals surface area (Å²) in [6, 6.07) is 0. The Morgan fingerprint density at radius 3 is 1.33 bits per heavy atom. The molecule has 0 rings (SSSR count). The Bertz CT molecular complexity index is 613. The third kappa shape index (κ3) is 4.10. The molecule has 30 heavy (non-hydrogen) atoms. The molecule has 0 aliphatic heterocycles. The molecule has 0 aliphatic carbocycles. The monoisotopic (exact) mass is 484 g/mol. The van der Waals surface area contributed by atoms with E-state index in [9.17, 15) is 70.7 Å². The van der Waals surface area contributed by atoms with Gasteiger partial charge in [0.15, 0.2) is 0 Å². The SMILES string of the molecule is CNCCCNC(=O)C(F)(F)C(F)(F)C(F)(F)C(F)(F)C(F)(F)C(F)(F)C(F)(F)F. The molecule has 0 heterocycles. The Kier molecular flexibility index (Phi) is 7.70. The summed E-state index contributed by atoms with van der Waals surface area (Å²) in [6.07, 6.45) is -7.98. The van der Waals surface area contributed by atoms with Gasteiger partial charge in [0.05, 0.1) is 0 Å². The van der Waals surface area contributed by atoms with Gasteiger partial charge in [-0.2, -0.15) is 65.9 Å². The first kappa shape index (κ1) is 28.4. The van der Waals surface area contributed by atoms with Crippen LogP contribution in [0.5, 0.6) is 0 Å². The zero-order chi connectivity index (χ0) is 24.6. The van der Waals surface area contributed by atoms with Crippen molar-refractivity contribution in [2.75, 3.05) is 20.1 Å². The number of carbonyl (C=O) groups is 1. The standard InChI is InChI=1S/C12H11F15N2O/c1-28-3-2-4-29-5(30)6(13,14)7(15,16)8(17,18)9(19,20)10(21,22)11(23,24)12(25,26)27/h28H,2-4H2,1H3,(H,29,30). The Balaban J connectivity index is 6.20. The largest absolute Gasteiger partial charge is 0.460 e. The molecule has 3 nitrogen and oxygen atoms in total. The number of hydrogen-bond acceptors (Lipinski definition) is 2. The molecule has 0 saturated heterocycles. The average Bonchev–Trinajstić information content (AvgIpc) is 2.56. The summed E-state index contributed by atoms with van der Waals surface area (Å²) in [4.78, 5) is 11.0. The van der Waals surface area contributed by atoms with Gasteiger partial charge in [0.1, 0.15) is 0 Å². The van der Waals surface area contributed by atoms with Crippen molar-refractivity contribution in [1.29, 1.82) is 0 Å². The van der Waals surface area contributed by atoms with Crippen molar-refractivity contribution in [3.63, 3.8) is 0 Å². The molecule has 0 aromatic heterocycles. The lowest BCUT2D eigenvalue weighted by Gasteiger charge is -2.41. The number of alkyl halides is 15. The Labute approximate surface area is 156 Å². The molecule has 180 valence electrons. The molecule has 18 heteroatoms. The molecule has 0 aliphatic rings. The molecule has 0 radical (unpaired) electrons. The minimum absolute atomic E-state index is 0.0742. The Morgan fingerprint density at radius 1 is 0.600 bits per heavy atom. The van der Waals surface area contributed by atoms with Crippen LogP contribution in [0.3, 0.4) is 0 Å². The van der Waals surface area contributed by atoms with Gasteiger partial charge in [-0.3, -0.25) is 4.79 Å².